The highest BCUT2D eigenvalue weighted by Gasteiger charge is 2.28. The summed E-state index contributed by atoms with van der Waals surface area (Å²) in [5.41, 5.74) is 5.32. The van der Waals surface area contributed by atoms with Gasteiger partial charge in [-0.05, 0) is 77.0 Å². The third kappa shape index (κ3) is 36.4. The average molecular weight is 844 g/mol. The lowest BCUT2D eigenvalue weighted by atomic mass is 10.0. The van der Waals surface area contributed by atoms with Crippen LogP contribution >= 0.6 is 7.82 Å². The Kier molecular flexibility index (Phi) is 36.8. The molecule has 0 rings (SSSR count). The number of phosphoric acid groups is 1. The number of nitrogens with two attached hydrogens (primary N) is 1. The van der Waals surface area contributed by atoms with Crippen LogP contribution in [-0.4, -0.2) is 82.3 Å². The van der Waals surface area contributed by atoms with E-state index in [2.05, 4.69) is 60.9 Å². The average Bonchev–Trinajstić information content (AvgIpc) is 3.19. The van der Waals surface area contributed by atoms with Crippen LogP contribution in [0, 0.1) is 0 Å². The maximum Gasteiger partial charge on any atom is 0.472 e. The number of allylic oxidation sites excluding steroid dienone is 7. The number of carbonyl (C=O) groups is 3. The number of esters is 2. The van der Waals surface area contributed by atoms with Gasteiger partial charge in [0.15, 0.2) is 6.10 Å². The molecule has 58 heavy (non-hydrogen) atoms. The number of carboxylic acids is 1. The van der Waals surface area contributed by atoms with E-state index in [4.69, 9.17) is 24.8 Å². The lowest BCUT2D eigenvalue weighted by Gasteiger charge is -2.20. The number of aliphatic hydroxyl groups excluding tert-OH is 2. The van der Waals surface area contributed by atoms with E-state index < -0.39 is 69.9 Å². The summed E-state index contributed by atoms with van der Waals surface area (Å²) in [6.45, 7) is 2.53. The standard InChI is InChI=1S/C44H78NO12P/c1-3-5-7-9-11-12-13-14-15-16-17-18-19-20-21-25-29-33-42(48)54-35-38(36-55-58(52,53)56-37-39(45)44(50)51)57-43(49)34-30-26-22-24-28-32-41(47)40(46)31-27-23-10-8-6-4-2/h11-12,14-15,17-18,23,27,38-41,46-47H,3-10,13,16,19-22,24-26,28-37,45H2,1-2H3,(H,50,51)(H,52,53)/b12-11-,15-14-,18-17-,27-23-/t38-,39+,40+,41+/m1/s1. The Labute approximate surface area is 349 Å². The normalized spacial score (nSPS) is 15.3. The number of hydrogen-bond donors (Lipinski definition) is 5. The molecular weight excluding hydrogens is 765 g/mol. The minimum atomic E-state index is -4.76. The Hall–Kier alpha value is -2.64. The molecule has 0 aliphatic rings. The van der Waals surface area contributed by atoms with E-state index in [0.29, 0.717) is 25.7 Å². The van der Waals surface area contributed by atoms with E-state index in [9.17, 15) is 34.1 Å². The van der Waals surface area contributed by atoms with Gasteiger partial charge in [-0.3, -0.25) is 23.4 Å². The van der Waals surface area contributed by atoms with Gasteiger partial charge >= 0.3 is 25.7 Å². The smallest absolute Gasteiger partial charge is 0.472 e. The highest BCUT2D eigenvalue weighted by molar-refractivity contribution is 7.47. The van der Waals surface area contributed by atoms with Crippen LogP contribution in [0.4, 0.5) is 0 Å². The molecule has 5 atom stereocenters. The van der Waals surface area contributed by atoms with Gasteiger partial charge in [-0.15, -0.1) is 0 Å². The predicted molar refractivity (Wildman–Crippen MR) is 229 cm³/mol. The third-order valence-electron chi connectivity index (χ3n) is 9.25. The lowest BCUT2D eigenvalue weighted by molar-refractivity contribution is -0.161. The van der Waals surface area contributed by atoms with Crippen LogP contribution in [0.2, 0.25) is 0 Å². The summed E-state index contributed by atoms with van der Waals surface area (Å²) in [6, 6.07) is -1.55. The van der Waals surface area contributed by atoms with Crippen molar-refractivity contribution < 1.29 is 57.7 Å². The molecule has 0 aromatic rings. The van der Waals surface area contributed by atoms with Gasteiger partial charge in [-0.2, -0.15) is 0 Å². The molecule has 336 valence electrons. The van der Waals surface area contributed by atoms with Crippen molar-refractivity contribution in [1.82, 2.24) is 0 Å². The van der Waals surface area contributed by atoms with Crippen molar-refractivity contribution in [1.29, 1.82) is 0 Å². The minimum Gasteiger partial charge on any atom is -0.480 e. The van der Waals surface area contributed by atoms with E-state index in [0.717, 1.165) is 89.9 Å². The van der Waals surface area contributed by atoms with E-state index in [1.807, 2.05) is 6.08 Å². The van der Waals surface area contributed by atoms with E-state index in [-0.39, 0.29) is 12.8 Å². The summed E-state index contributed by atoms with van der Waals surface area (Å²) in [5.74, 6) is -2.54. The second-order valence-corrected chi connectivity index (χ2v) is 16.2. The molecule has 0 aliphatic carbocycles. The monoisotopic (exact) mass is 844 g/mol. The Bertz CT molecular complexity index is 1210. The lowest BCUT2D eigenvalue weighted by Crippen LogP contribution is -2.34. The van der Waals surface area contributed by atoms with Crippen molar-refractivity contribution in [2.75, 3.05) is 19.8 Å². The summed E-state index contributed by atoms with van der Waals surface area (Å²) >= 11 is 0. The number of unbranched alkanes of at least 4 members (excludes halogenated alkanes) is 14. The van der Waals surface area contributed by atoms with Crippen LogP contribution in [0.5, 0.6) is 0 Å². The fourth-order valence-electron chi connectivity index (χ4n) is 5.62. The van der Waals surface area contributed by atoms with Gasteiger partial charge in [-0.25, -0.2) is 4.57 Å². The quantitative estimate of drug-likeness (QED) is 0.0169. The van der Waals surface area contributed by atoms with Crippen LogP contribution in [-0.2, 0) is 37.5 Å². The summed E-state index contributed by atoms with van der Waals surface area (Å²) in [5, 5.41) is 29.3. The minimum absolute atomic E-state index is 0.0554. The Balaban J connectivity index is 4.53. The molecule has 0 aromatic heterocycles. The van der Waals surface area contributed by atoms with Gasteiger partial charge in [0.25, 0.3) is 0 Å². The topological polar surface area (TPSA) is 212 Å². The number of hydrogen-bond acceptors (Lipinski definition) is 11. The first-order valence-electron chi connectivity index (χ1n) is 21.8. The first-order valence-corrected chi connectivity index (χ1v) is 23.3. The van der Waals surface area contributed by atoms with Crippen molar-refractivity contribution in [3.05, 3.63) is 48.6 Å². The number of rotatable bonds is 40. The second kappa shape index (κ2) is 38.6. The molecule has 0 saturated heterocycles. The zero-order chi connectivity index (χ0) is 43.1. The third-order valence-corrected chi connectivity index (χ3v) is 10.2. The van der Waals surface area contributed by atoms with E-state index in [1.54, 1.807) is 0 Å². The van der Waals surface area contributed by atoms with Crippen molar-refractivity contribution >= 4 is 25.7 Å². The number of phosphoric ester groups is 1. The van der Waals surface area contributed by atoms with Crippen molar-refractivity contribution in [3.63, 3.8) is 0 Å². The number of ether oxygens (including phenoxy) is 2. The van der Waals surface area contributed by atoms with Crippen molar-refractivity contribution in [2.24, 2.45) is 5.73 Å². The molecular formula is C44H78NO12P. The number of aliphatic carboxylic acids is 1. The molecule has 14 heteroatoms. The molecule has 0 amide bonds. The van der Waals surface area contributed by atoms with Crippen LogP contribution in [0.1, 0.15) is 168 Å². The maximum absolute atomic E-state index is 12.6. The number of carbonyl (C=O) groups excluding carboxylic acids is 2. The summed E-state index contributed by atoms with van der Waals surface area (Å²) < 4.78 is 32.6. The molecule has 0 radical (unpaired) electrons. The van der Waals surface area contributed by atoms with Crippen LogP contribution < -0.4 is 5.73 Å². The van der Waals surface area contributed by atoms with Gasteiger partial charge in [0, 0.05) is 12.8 Å². The zero-order valence-corrected chi connectivity index (χ0v) is 36.5. The molecule has 6 N–H and O–H groups in total. The van der Waals surface area contributed by atoms with Gasteiger partial charge in [-0.1, -0.05) is 127 Å². The Morgan fingerprint density at radius 3 is 1.67 bits per heavy atom. The van der Waals surface area contributed by atoms with Crippen LogP contribution in [0.3, 0.4) is 0 Å². The summed E-state index contributed by atoms with van der Waals surface area (Å²) in [4.78, 5) is 46.0. The second-order valence-electron chi connectivity index (χ2n) is 14.8. The predicted octanol–water partition coefficient (Wildman–Crippen LogP) is 9.34. The highest BCUT2D eigenvalue weighted by Crippen LogP contribution is 2.43. The van der Waals surface area contributed by atoms with Gasteiger partial charge in [0.2, 0.25) is 0 Å². The van der Waals surface area contributed by atoms with E-state index >= 15 is 0 Å². The molecule has 0 heterocycles. The van der Waals surface area contributed by atoms with Crippen molar-refractivity contribution in [2.45, 2.75) is 192 Å². The fourth-order valence-corrected chi connectivity index (χ4v) is 6.40. The van der Waals surface area contributed by atoms with Gasteiger partial charge in [0.05, 0.1) is 25.4 Å². The summed E-state index contributed by atoms with van der Waals surface area (Å²) in [7, 11) is -4.76. The number of aliphatic hydroxyl groups is 2. The molecule has 0 aromatic carbocycles. The highest BCUT2D eigenvalue weighted by atomic mass is 31.2. The van der Waals surface area contributed by atoms with Crippen molar-refractivity contribution in [3.8, 4) is 0 Å². The fraction of sp³-hybridized carbons (Fsp3) is 0.750. The number of carboxylic acid groups (broad SMARTS) is 1. The zero-order valence-electron chi connectivity index (χ0n) is 35.6. The first-order chi connectivity index (χ1) is 27.9. The van der Waals surface area contributed by atoms with E-state index in [1.165, 1.54) is 25.7 Å². The van der Waals surface area contributed by atoms with Gasteiger partial charge < -0.3 is 35.4 Å². The molecule has 0 bridgehead atoms. The van der Waals surface area contributed by atoms with Crippen LogP contribution in [0.25, 0.3) is 0 Å². The Morgan fingerprint density at radius 1 is 0.603 bits per heavy atom. The largest absolute Gasteiger partial charge is 0.480 e. The molecule has 13 nitrogen and oxygen atoms in total. The van der Waals surface area contributed by atoms with Crippen LogP contribution in [0.15, 0.2) is 48.6 Å². The Morgan fingerprint density at radius 2 is 1.09 bits per heavy atom. The summed E-state index contributed by atoms with van der Waals surface area (Å²) in [6.07, 6.45) is 34.8. The molecule has 0 saturated carbocycles. The van der Waals surface area contributed by atoms with Gasteiger partial charge in [0.1, 0.15) is 12.6 Å². The first kappa shape index (κ1) is 55.4. The molecule has 0 spiro atoms. The SMILES string of the molecule is CCCCC/C=C\C/C=C\C/C=C\CCCCCCC(=O)OC[C@H](COP(=O)(O)OC[C@H](N)C(=O)O)OC(=O)CCCCCCC[C@H](O)[C@@H](O)C/C=C\CCCCC. The molecule has 0 fully saturated rings. The molecule has 0 aliphatic heterocycles. The maximum atomic E-state index is 12.6. The molecule has 1 unspecified atom stereocenters.